The molecule has 0 radical (unpaired) electrons. The van der Waals surface area contributed by atoms with Crippen molar-refractivity contribution >= 4 is 11.6 Å². The summed E-state index contributed by atoms with van der Waals surface area (Å²) in [4.78, 5) is 13.1. The third-order valence-corrected chi connectivity index (χ3v) is 4.81. The van der Waals surface area contributed by atoms with Gasteiger partial charge in [-0.25, -0.2) is 0 Å². The Morgan fingerprint density at radius 1 is 1.13 bits per heavy atom. The minimum atomic E-state index is -0.142. The van der Waals surface area contributed by atoms with Crippen molar-refractivity contribution in [3.63, 3.8) is 0 Å². The van der Waals surface area contributed by atoms with Crippen LogP contribution < -0.4 is 16.0 Å². The van der Waals surface area contributed by atoms with Crippen molar-refractivity contribution in [2.24, 2.45) is 11.7 Å². The van der Waals surface area contributed by atoms with Gasteiger partial charge in [0.1, 0.15) is 0 Å². The topological polar surface area (TPSA) is 58.4 Å². The van der Waals surface area contributed by atoms with Crippen LogP contribution in [-0.2, 0) is 11.2 Å². The maximum absolute atomic E-state index is 10.5. The number of nitrogens with one attached hydrogen (secondary N) is 1. The smallest absolute Gasteiger partial charge is 0.220 e. The van der Waals surface area contributed by atoms with Gasteiger partial charge in [-0.1, -0.05) is 19.1 Å². The van der Waals surface area contributed by atoms with Crippen molar-refractivity contribution in [3.05, 3.63) is 29.8 Å². The number of carbonyl (C=O) groups excluding carboxylic acids is 1. The molecule has 2 heterocycles. The van der Waals surface area contributed by atoms with Crippen LogP contribution in [0.15, 0.2) is 24.3 Å². The molecule has 0 bridgehead atoms. The third kappa shape index (κ3) is 5.87. The first-order valence-corrected chi connectivity index (χ1v) is 9.04. The molecule has 2 aliphatic heterocycles. The van der Waals surface area contributed by atoms with E-state index in [-0.39, 0.29) is 11.8 Å². The standard InChI is InChI=1S/C13H19N.C6H12N2O/c1-2-12-6-8-13(9-7-12)14-10-4-3-5-11-14;7-6(9)5-1-3-8-4-2-5/h6-9H,2-5,10-11H2,1H3;5,8H,1-4H2,(H2,7,9). The van der Waals surface area contributed by atoms with Crippen molar-refractivity contribution in [2.45, 2.75) is 45.4 Å². The first-order valence-electron chi connectivity index (χ1n) is 9.04. The van der Waals surface area contributed by atoms with E-state index in [9.17, 15) is 4.79 Å². The molecular formula is C19H31N3O. The second-order valence-corrected chi connectivity index (χ2v) is 6.49. The van der Waals surface area contributed by atoms with E-state index in [4.69, 9.17) is 5.73 Å². The Morgan fingerprint density at radius 2 is 1.74 bits per heavy atom. The van der Waals surface area contributed by atoms with E-state index in [2.05, 4.69) is 41.4 Å². The molecule has 0 spiro atoms. The van der Waals surface area contributed by atoms with Crippen LogP contribution in [0.3, 0.4) is 0 Å². The molecule has 3 rings (SSSR count). The summed E-state index contributed by atoms with van der Waals surface area (Å²) in [5, 5.41) is 3.16. The predicted octanol–water partition coefficient (Wildman–Crippen LogP) is 2.71. The molecule has 1 aromatic carbocycles. The normalized spacial score (nSPS) is 18.9. The van der Waals surface area contributed by atoms with Crippen molar-refractivity contribution in [3.8, 4) is 0 Å². The van der Waals surface area contributed by atoms with Crippen molar-refractivity contribution in [1.82, 2.24) is 5.32 Å². The van der Waals surface area contributed by atoms with Crippen LogP contribution >= 0.6 is 0 Å². The van der Waals surface area contributed by atoms with Gasteiger partial charge in [-0.2, -0.15) is 0 Å². The number of hydrogen-bond donors (Lipinski definition) is 2. The van der Waals surface area contributed by atoms with Crippen LogP contribution in [0.25, 0.3) is 0 Å². The summed E-state index contributed by atoms with van der Waals surface area (Å²) < 4.78 is 0. The van der Waals surface area contributed by atoms with Crippen LogP contribution in [0.4, 0.5) is 5.69 Å². The molecule has 1 amide bonds. The molecule has 23 heavy (non-hydrogen) atoms. The SMILES string of the molecule is CCc1ccc(N2CCCCC2)cc1.NC(=O)C1CCNCC1. The number of carbonyl (C=O) groups is 1. The van der Waals surface area contributed by atoms with Crippen LogP contribution in [0.2, 0.25) is 0 Å². The zero-order chi connectivity index (χ0) is 16.5. The van der Waals surface area contributed by atoms with Crippen LogP contribution in [0.5, 0.6) is 0 Å². The van der Waals surface area contributed by atoms with Gasteiger partial charge < -0.3 is 16.0 Å². The molecule has 3 N–H and O–H groups in total. The van der Waals surface area contributed by atoms with E-state index in [1.54, 1.807) is 0 Å². The fraction of sp³-hybridized carbons (Fsp3) is 0.632. The maximum atomic E-state index is 10.5. The van der Waals surface area contributed by atoms with Crippen LogP contribution in [0, 0.1) is 5.92 Å². The molecule has 0 saturated carbocycles. The minimum Gasteiger partial charge on any atom is -0.372 e. The molecular weight excluding hydrogens is 286 g/mol. The summed E-state index contributed by atoms with van der Waals surface area (Å²) in [7, 11) is 0. The summed E-state index contributed by atoms with van der Waals surface area (Å²) in [5.41, 5.74) is 7.94. The quantitative estimate of drug-likeness (QED) is 0.901. The lowest BCUT2D eigenvalue weighted by Gasteiger charge is -2.28. The highest BCUT2D eigenvalue weighted by atomic mass is 16.1. The van der Waals surface area contributed by atoms with Crippen LogP contribution in [-0.4, -0.2) is 32.1 Å². The fourth-order valence-electron chi connectivity index (χ4n) is 3.20. The number of aryl methyl sites for hydroxylation is 1. The van der Waals surface area contributed by atoms with Gasteiger partial charge in [-0.3, -0.25) is 4.79 Å². The maximum Gasteiger partial charge on any atom is 0.220 e. The molecule has 0 aliphatic carbocycles. The lowest BCUT2D eigenvalue weighted by atomic mass is 9.98. The number of benzene rings is 1. The number of anilines is 1. The number of nitrogens with zero attached hydrogens (tertiary/aromatic N) is 1. The Labute approximate surface area is 140 Å². The average molecular weight is 317 g/mol. The average Bonchev–Trinajstić information content (AvgIpc) is 2.64. The highest BCUT2D eigenvalue weighted by Crippen LogP contribution is 2.20. The Balaban J connectivity index is 0.000000185. The van der Waals surface area contributed by atoms with Crippen LogP contribution in [0.1, 0.15) is 44.6 Å². The molecule has 0 aromatic heterocycles. The molecule has 4 heteroatoms. The van der Waals surface area contributed by atoms with Gasteiger partial charge >= 0.3 is 0 Å². The van der Waals surface area contributed by atoms with E-state index in [1.807, 2.05) is 0 Å². The van der Waals surface area contributed by atoms with Crippen molar-refractivity contribution in [2.75, 3.05) is 31.1 Å². The van der Waals surface area contributed by atoms with Crippen molar-refractivity contribution in [1.29, 1.82) is 0 Å². The highest BCUT2D eigenvalue weighted by Gasteiger charge is 2.17. The summed E-state index contributed by atoms with van der Waals surface area (Å²) >= 11 is 0. The van der Waals surface area contributed by atoms with Gasteiger partial charge in [0.05, 0.1) is 0 Å². The van der Waals surface area contributed by atoms with Gasteiger partial charge in [-0.05, 0) is 69.3 Å². The molecule has 2 fully saturated rings. The molecule has 128 valence electrons. The first kappa shape index (κ1) is 17.8. The molecule has 2 saturated heterocycles. The summed E-state index contributed by atoms with van der Waals surface area (Å²) in [6, 6.07) is 9.04. The fourth-order valence-corrected chi connectivity index (χ4v) is 3.20. The largest absolute Gasteiger partial charge is 0.372 e. The number of nitrogens with two attached hydrogens (primary N) is 1. The van der Waals surface area contributed by atoms with E-state index in [1.165, 1.54) is 43.6 Å². The molecule has 4 nitrogen and oxygen atoms in total. The second kappa shape index (κ2) is 9.56. The van der Waals surface area contributed by atoms with Gasteiger partial charge in [0.15, 0.2) is 0 Å². The molecule has 0 atom stereocenters. The zero-order valence-corrected chi connectivity index (χ0v) is 14.4. The Kier molecular flexibility index (Phi) is 7.40. The van der Waals surface area contributed by atoms with E-state index in [0.29, 0.717) is 0 Å². The summed E-state index contributed by atoms with van der Waals surface area (Å²) in [5.74, 6) is -0.0113. The number of piperidine rings is 2. The van der Waals surface area contributed by atoms with E-state index < -0.39 is 0 Å². The van der Waals surface area contributed by atoms with Gasteiger partial charge in [0.25, 0.3) is 0 Å². The summed E-state index contributed by atoms with van der Waals surface area (Å²) in [6.07, 6.45) is 7.08. The monoisotopic (exact) mass is 317 g/mol. The predicted molar refractivity (Wildman–Crippen MR) is 96.7 cm³/mol. The number of hydrogen-bond acceptors (Lipinski definition) is 3. The Bertz CT molecular complexity index is 460. The van der Waals surface area contributed by atoms with E-state index in [0.717, 1.165) is 32.4 Å². The molecule has 2 aliphatic rings. The lowest BCUT2D eigenvalue weighted by molar-refractivity contribution is -0.122. The van der Waals surface area contributed by atoms with Gasteiger partial charge in [0, 0.05) is 24.7 Å². The first-order chi connectivity index (χ1) is 11.2. The highest BCUT2D eigenvalue weighted by molar-refractivity contribution is 5.76. The molecule has 0 unspecified atom stereocenters. The van der Waals surface area contributed by atoms with Gasteiger partial charge in [-0.15, -0.1) is 0 Å². The van der Waals surface area contributed by atoms with E-state index >= 15 is 0 Å². The molecule has 1 aromatic rings. The number of amides is 1. The Morgan fingerprint density at radius 3 is 2.22 bits per heavy atom. The summed E-state index contributed by atoms with van der Waals surface area (Å²) in [6.45, 7) is 6.56. The Hall–Kier alpha value is -1.55. The van der Waals surface area contributed by atoms with Crippen molar-refractivity contribution < 1.29 is 4.79 Å². The third-order valence-electron chi connectivity index (χ3n) is 4.81. The minimum absolute atomic E-state index is 0.131. The number of primary amides is 1. The van der Waals surface area contributed by atoms with Gasteiger partial charge in [0.2, 0.25) is 5.91 Å². The second-order valence-electron chi connectivity index (χ2n) is 6.49. The zero-order valence-electron chi connectivity index (χ0n) is 14.4. The lowest BCUT2D eigenvalue weighted by Crippen LogP contribution is -2.34. The number of rotatable bonds is 3.